The predicted molar refractivity (Wildman–Crippen MR) is 120 cm³/mol. The number of nitrogens with zero attached hydrogens (tertiary/aromatic N) is 2. The molecule has 0 spiro atoms. The number of carbonyl (C=O) groups excluding carboxylic acids is 2. The second kappa shape index (κ2) is 9.51. The van der Waals surface area contributed by atoms with Crippen molar-refractivity contribution in [3.63, 3.8) is 0 Å². The molecule has 1 aliphatic heterocycles. The zero-order chi connectivity index (χ0) is 21.0. The summed E-state index contributed by atoms with van der Waals surface area (Å²) < 4.78 is 0. The average Bonchev–Trinajstić information content (AvgIpc) is 3.23. The van der Waals surface area contributed by atoms with Crippen LogP contribution in [0, 0.1) is 0 Å². The van der Waals surface area contributed by atoms with E-state index >= 15 is 0 Å². The maximum atomic E-state index is 13.1. The Kier molecular flexibility index (Phi) is 7.04. The molecule has 1 heterocycles. The second-order valence-electron chi connectivity index (χ2n) is 6.98. The lowest BCUT2D eigenvalue weighted by atomic mass is 10.1. The van der Waals surface area contributed by atoms with Crippen LogP contribution in [0.15, 0.2) is 36.4 Å². The second-order valence-corrected chi connectivity index (χ2v) is 7.83. The van der Waals surface area contributed by atoms with Gasteiger partial charge < -0.3 is 15.1 Å². The fourth-order valence-corrected chi connectivity index (χ4v) is 4.07. The van der Waals surface area contributed by atoms with Crippen molar-refractivity contribution in [3.8, 4) is 0 Å². The zero-order valence-corrected chi connectivity index (χ0v) is 18.2. The first-order chi connectivity index (χ1) is 13.9. The smallest absolute Gasteiger partial charge is 0.257 e. The molecule has 1 fully saturated rings. The normalized spacial score (nSPS) is 13.4. The van der Waals surface area contributed by atoms with Gasteiger partial charge in [0, 0.05) is 42.6 Å². The summed E-state index contributed by atoms with van der Waals surface area (Å²) in [4.78, 5) is 29.8. The van der Waals surface area contributed by atoms with Crippen molar-refractivity contribution in [1.29, 1.82) is 0 Å². The Bertz CT molecular complexity index is 907. The van der Waals surface area contributed by atoms with Gasteiger partial charge in [-0.05, 0) is 63.1 Å². The molecule has 29 heavy (non-hydrogen) atoms. The van der Waals surface area contributed by atoms with Crippen LogP contribution in [-0.2, 0) is 0 Å². The van der Waals surface area contributed by atoms with Crippen molar-refractivity contribution in [2.75, 3.05) is 36.4 Å². The van der Waals surface area contributed by atoms with Crippen LogP contribution in [0.1, 0.15) is 47.4 Å². The van der Waals surface area contributed by atoms with Crippen molar-refractivity contribution in [2.45, 2.75) is 26.7 Å². The van der Waals surface area contributed by atoms with Gasteiger partial charge in [-0.3, -0.25) is 9.59 Å². The molecule has 154 valence electrons. The molecule has 0 aliphatic carbocycles. The molecule has 1 saturated heterocycles. The minimum absolute atomic E-state index is 0.0301. The topological polar surface area (TPSA) is 52.7 Å². The summed E-state index contributed by atoms with van der Waals surface area (Å²) in [6.07, 6.45) is 2.24. The molecule has 7 heteroatoms. The molecule has 0 radical (unpaired) electrons. The number of carbonyl (C=O) groups is 2. The van der Waals surface area contributed by atoms with E-state index in [1.807, 2.05) is 26.0 Å². The third-order valence-corrected chi connectivity index (χ3v) is 5.71. The number of amides is 2. The summed E-state index contributed by atoms with van der Waals surface area (Å²) in [6, 6.07) is 10.2. The van der Waals surface area contributed by atoms with E-state index in [0.29, 0.717) is 34.9 Å². The molecule has 1 aliphatic rings. The van der Waals surface area contributed by atoms with Crippen molar-refractivity contribution in [3.05, 3.63) is 57.6 Å². The highest BCUT2D eigenvalue weighted by Crippen LogP contribution is 2.29. The first-order valence-corrected chi connectivity index (χ1v) is 10.6. The average molecular weight is 434 g/mol. The first kappa shape index (κ1) is 21.5. The lowest BCUT2D eigenvalue weighted by Gasteiger charge is -2.25. The molecule has 0 saturated carbocycles. The number of halogens is 2. The van der Waals surface area contributed by atoms with E-state index in [1.54, 1.807) is 23.1 Å². The van der Waals surface area contributed by atoms with Crippen LogP contribution >= 0.6 is 23.2 Å². The fourth-order valence-electron chi connectivity index (χ4n) is 3.57. The summed E-state index contributed by atoms with van der Waals surface area (Å²) in [5.41, 5.74) is 2.41. The molecule has 0 unspecified atom stereocenters. The van der Waals surface area contributed by atoms with Crippen LogP contribution in [0.3, 0.4) is 0 Å². The molecule has 2 aromatic rings. The van der Waals surface area contributed by atoms with Gasteiger partial charge >= 0.3 is 0 Å². The van der Waals surface area contributed by atoms with Gasteiger partial charge in [-0.2, -0.15) is 0 Å². The molecule has 3 rings (SSSR count). The van der Waals surface area contributed by atoms with E-state index in [9.17, 15) is 9.59 Å². The van der Waals surface area contributed by atoms with Crippen molar-refractivity contribution >= 4 is 46.4 Å². The highest BCUT2D eigenvalue weighted by atomic mass is 35.5. The summed E-state index contributed by atoms with van der Waals surface area (Å²) in [5, 5.41) is 3.60. The summed E-state index contributed by atoms with van der Waals surface area (Å²) in [5.74, 6) is -0.376. The Hall–Kier alpha value is -2.24. The molecule has 0 bridgehead atoms. The largest absolute Gasteiger partial charge is 0.371 e. The van der Waals surface area contributed by atoms with E-state index in [1.165, 1.54) is 6.07 Å². The highest BCUT2D eigenvalue weighted by molar-refractivity contribution is 6.37. The van der Waals surface area contributed by atoms with Gasteiger partial charge in [0.25, 0.3) is 11.8 Å². The van der Waals surface area contributed by atoms with E-state index in [2.05, 4.69) is 10.2 Å². The molecular formula is C22H25Cl2N3O2. The van der Waals surface area contributed by atoms with Crippen molar-refractivity contribution < 1.29 is 9.59 Å². The minimum atomic E-state index is -0.346. The third kappa shape index (κ3) is 4.85. The third-order valence-electron chi connectivity index (χ3n) is 5.16. The van der Waals surface area contributed by atoms with Gasteiger partial charge in [0.2, 0.25) is 0 Å². The molecule has 2 aromatic carbocycles. The van der Waals surface area contributed by atoms with Gasteiger partial charge in [-0.1, -0.05) is 23.2 Å². The SMILES string of the molecule is CCN(CC)C(=O)c1cc(NC(=O)c2ccc(Cl)cc2Cl)ccc1N1CCCC1. The van der Waals surface area contributed by atoms with Gasteiger partial charge in [-0.25, -0.2) is 0 Å². The summed E-state index contributed by atoms with van der Waals surface area (Å²) in [7, 11) is 0. The molecule has 1 N–H and O–H groups in total. The standard InChI is InChI=1S/C22H25Cl2N3O2/c1-3-26(4-2)22(29)18-14-16(8-10-20(18)27-11-5-6-12-27)25-21(28)17-9-7-15(23)13-19(17)24/h7-10,13-14H,3-6,11-12H2,1-2H3,(H,25,28). The number of benzene rings is 2. The van der Waals surface area contributed by atoms with E-state index < -0.39 is 0 Å². The highest BCUT2D eigenvalue weighted by Gasteiger charge is 2.23. The number of nitrogens with one attached hydrogen (secondary N) is 1. The number of rotatable bonds is 6. The van der Waals surface area contributed by atoms with E-state index in [-0.39, 0.29) is 16.8 Å². The predicted octanol–water partition coefficient (Wildman–Crippen LogP) is 5.33. The minimum Gasteiger partial charge on any atom is -0.371 e. The monoisotopic (exact) mass is 433 g/mol. The number of hydrogen-bond donors (Lipinski definition) is 1. The van der Waals surface area contributed by atoms with E-state index in [0.717, 1.165) is 31.6 Å². The Morgan fingerprint density at radius 2 is 1.69 bits per heavy atom. The quantitative estimate of drug-likeness (QED) is 0.669. The van der Waals surface area contributed by atoms with Gasteiger partial charge in [-0.15, -0.1) is 0 Å². The molecule has 5 nitrogen and oxygen atoms in total. The molecule has 2 amide bonds. The van der Waals surface area contributed by atoms with Crippen LogP contribution < -0.4 is 10.2 Å². The molecule has 0 atom stereocenters. The number of hydrogen-bond acceptors (Lipinski definition) is 3. The zero-order valence-electron chi connectivity index (χ0n) is 16.7. The Balaban J connectivity index is 1.92. The van der Waals surface area contributed by atoms with Crippen LogP contribution in [0.25, 0.3) is 0 Å². The van der Waals surface area contributed by atoms with Gasteiger partial charge in [0.1, 0.15) is 0 Å². The fraction of sp³-hybridized carbons (Fsp3) is 0.364. The Labute approximate surface area is 181 Å². The van der Waals surface area contributed by atoms with Crippen molar-refractivity contribution in [2.24, 2.45) is 0 Å². The summed E-state index contributed by atoms with van der Waals surface area (Å²) in [6.45, 7) is 7.06. The Morgan fingerprint density at radius 3 is 2.31 bits per heavy atom. The maximum absolute atomic E-state index is 13.1. The lowest BCUT2D eigenvalue weighted by molar-refractivity contribution is 0.0773. The van der Waals surface area contributed by atoms with Crippen LogP contribution in [-0.4, -0.2) is 42.9 Å². The maximum Gasteiger partial charge on any atom is 0.257 e. The molecular weight excluding hydrogens is 409 g/mol. The van der Waals surface area contributed by atoms with Crippen LogP contribution in [0.4, 0.5) is 11.4 Å². The van der Waals surface area contributed by atoms with Crippen molar-refractivity contribution in [1.82, 2.24) is 4.90 Å². The van der Waals surface area contributed by atoms with Gasteiger partial charge in [0.15, 0.2) is 0 Å². The number of anilines is 2. The van der Waals surface area contributed by atoms with Crippen LogP contribution in [0.2, 0.25) is 10.0 Å². The molecule has 0 aromatic heterocycles. The van der Waals surface area contributed by atoms with Crippen LogP contribution in [0.5, 0.6) is 0 Å². The lowest BCUT2D eigenvalue weighted by Crippen LogP contribution is -2.32. The summed E-state index contributed by atoms with van der Waals surface area (Å²) >= 11 is 12.1. The first-order valence-electron chi connectivity index (χ1n) is 9.89. The van der Waals surface area contributed by atoms with E-state index in [4.69, 9.17) is 23.2 Å². The Morgan fingerprint density at radius 1 is 1.00 bits per heavy atom. The van der Waals surface area contributed by atoms with Gasteiger partial charge in [0.05, 0.1) is 16.1 Å².